The van der Waals surface area contributed by atoms with Gasteiger partial charge in [-0.3, -0.25) is 4.79 Å². The van der Waals surface area contributed by atoms with Gasteiger partial charge in [0, 0.05) is 6.42 Å². The van der Waals surface area contributed by atoms with Crippen molar-refractivity contribution in [2.45, 2.75) is 230 Å². The Morgan fingerprint density at radius 3 is 1.54 bits per heavy atom. The normalized spacial score (nSPS) is 21.8. The van der Waals surface area contributed by atoms with Gasteiger partial charge < -0.3 is 40.3 Å². The van der Waals surface area contributed by atoms with E-state index in [-0.39, 0.29) is 12.5 Å². The van der Waals surface area contributed by atoms with Crippen LogP contribution in [0.2, 0.25) is 0 Å². The first-order valence-corrected chi connectivity index (χ1v) is 22.2. The van der Waals surface area contributed by atoms with Crippen molar-refractivity contribution in [3.05, 3.63) is 36.5 Å². The molecule has 1 rings (SSSR count). The molecule has 1 fully saturated rings. The van der Waals surface area contributed by atoms with Gasteiger partial charge in [-0.1, -0.05) is 179 Å². The maximum Gasteiger partial charge on any atom is 0.220 e. The van der Waals surface area contributed by atoms with Crippen LogP contribution >= 0.6 is 0 Å². The molecule has 0 aromatic heterocycles. The summed E-state index contributed by atoms with van der Waals surface area (Å²) in [5.41, 5.74) is 0. The van der Waals surface area contributed by atoms with Gasteiger partial charge in [-0.2, -0.15) is 0 Å². The van der Waals surface area contributed by atoms with Crippen LogP contribution in [0.5, 0.6) is 0 Å². The molecule has 7 atom stereocenters. The molecule has 316 valence electrons. The van der Waals surface area contributed by atoms with Crippen molar-refractivity contribution < 1.29 is 39.8 Å². The van der Waals surface area contributed by atoms with Crippen molar-refractivity contribution in [1.82, 2.24) is 5.32 Å². The molecule has 0 aromatic carbocycles. The number of nitrogens with one attached hydrogen (secondary N) is 1. The van der Waals surface area contributed by atoms with Crippen LogP contribution in [-0.2, 0) is 14.3 Å². The largest absolute Gasteiger partial charge is 0.394 e. The van der Waals surface area contributed by atoms with Crippen LogP contribution in [-0.4, -0.2) is 87.5 Å². The molecule has 9 heteroatoms. The molecule has 1 aliphatic rings. The first kappa shape index (κ1) is 50.4. The highest BCUT2D eigenvalue weighted by atomic mass is 16.7. The zero-order valence-corrected chi connectivity index (χ0v) is 34.5. The molecule has 6 N–H and O–H groups in total. The monoisotopic (exact) mass is 766 g/mol. The van der Waals surface area contributed by atoms with Gasteiger partial charge in [0.05, 0.1) is 25.4 Å². The summed E-state index contributed by atoms with van der Waals surface area (Å²) >= 11 is 0. The summed E-state index contributed by atoms with van der Waals surface area (Å²) in [7, 11) is 0. The van der Waals surface area contributed by atoms with Gasteiger partial charge in [0.15, 0.2) is 6.29 Å². The van der Waals surface area contributed by atoms with Gasteiger partial charge in [-0.05, 0) is 38.5 Å². The van der Waals surface area contributed by atoms with E-state index in [4.69, 9.17) is 9.47 Å². The molecule has 0 bridgehead atoms. The van der Waals surface area contributed by atoms with Gasteiger partial charge in [0.25, 0.3) is 0 Å². The van der Waals surface area contributed by atoms with Gasteiger partial charge in [0.1, 0.15) is 24.4 Å². The van der Waals surface area contributed by atoms with E-state index in [2.05, 4.69) is 43.5 Å². The van der Waals surface area contributed by atoms with Crippen molar-refractivity contribution >= 4 is 5.91 Å². The summed E-state index contributed by atoms with van der Waals surface area (Å²) in [6, 6.07) is -0.823. The van der Waals surface area contributed by atoms with Gasteiger partial charge >= 0.3 is 0 Å². The SMILES string of the molecule is CCCC/C=C/CC/C=C/CC/C=C/C(O)C(COC1OC(CO)C(O)C(O)C1O)NC(=O)CCCCCCCCCCCCCCCCCCCCC. The van der Waals surface area contributed by atoms with Crippen LogP contribution in [0.25, 0.3) is 0 Å². The van der Waals surface area contributed by atoms with E-state index in [0.717, 1.165) is 51.4 Å². The molecular formula is C45H83NO8. The van der Waals surface area contributed by atoms with Crippen molar-refractivity contribution in [3.63, 3.8) is 0 Å². The summed E-state index contributed by atoms with van der Waals surface area (Å²) in [6.07, 6.45) is 36.2. The Bertz CT molecular complexity index is 941. The number of carbonyl (C=O) groups is 1. The Labute approximate surface area is 330 Å². The van der Waals surface area contributed by atoms with E-state index in [1.54, 1.807) is 6.08 Å². The second-order valence-electron chi connectivity index (χ2n) is 15.5. The minimum Gasteiger partial charge on any atom is -0.394 e. The van der Waals surface area contributed by atoms with Crippen molar-refractivity contribution in [3.8, 4) is 0 Å². The number of aliphatic hydroxyl groups is 5. The molecule has 54 heavy (non-hydrogen) atoms. The predicted octanol–water partition coefficient (Wildman–Crippen LogP) is 8.89. The Morgan fingerprint density at radius 2 is 1.06 bits per heavy atom. The van der Waals surface area contributed by atoms with E-state index in [1.807, 2.05) is 6.08 Å². The number of carbonyl (C=O) groups excluding carboxylic acids is 1. The molecule has 1 amide bonds. The van der Waals surface area contributed by atoms with Crippen LogP contribution in [0.15, 0.2) is 36.5 Å². The first-order chi connectivity index (χ1) is 26.3. The number of ether oxygens (including phenoxy) is 2. The molecule has 0 spiro atoms. The molecule has 0 saturated carbocycles. The Hall–Kier alpha value is -1.59. The number of aliphatic hydroxyl groups excluding tert-OH is 5. The zero-order chi connectivity index (χ0) is 39.5. The Morgan fingerprint density at radius 1 is 0.611 bits per heavy atom. The lowest BCUT2D eigenvalue weighted by molar-refractivity contribution is -0.302. The lowest BCUT2D eigenvalue weighted by atomic mass is 9.99. The van der Waals surface area contributed by atoms with E-state index >= 15 is 0 Å². The number of hydrogen-bond donors (Lipinski definition) is 6. The molecule has 9 nitrogen and oxygen atoms in total. The first-order valence-electron chi connectivity index (χ1n) is 22.2. The molecule has 1 heterocycles. The summed E-state index contributed by atoms with van der Waals surface area (Å²) < 4.78 is 11.2. The number of rotatable bonds is 36. The molecule has 0 radical (unpaired) electrons. The minimum atomic E-state index is -1.57. The highest BCUT2D eigenvalue weighted by molar-refractivity contribution is 5.76. The molecule has 1 saturated heterocycles. The summed E-state index contributed by atoms with van der Waals surface area (Å²) in [5.74, 6) is -0.191. The van der Waals surface area contributed by atoms with Crippen LogP contribution in [0.3, 0.4) is 0 Å². The highest BCUT2D eigenvalue weighted by Gasteiger charge is 2.44. The fourth-order valence-corrected chi connectivity index (χ4v) is 6.82. The molecule has 0 aliphatic carbocycles. The fraction of sp³-hybridized carbons (Fsp3) is 0.844. The van der Waals surface area contributed by atoms with Crippen LogP contribution in [0.1, 0.15) is 187 Å². The van der Waals surface area contributed by atoms with Crippen molar-refractivity contribution in [1.29, 1.82) is 0 Å². The maximum atomic E-state index is 12.9. The Kier molecular flexibility index (Phi) is 33.4. The van der Waals surface area contributed by atoms with Crippen molar-refractivity contribution in [2.75, 3.05) is 13.2 Å². The lowest BCUT2D eigenvalue weighted by Gasteiger charge is -2.40. The van der Waals surface area contributed by atoms with E-state index in [1.165, 1.54) is 116 Å². The number of unbranched alkanes of at least 4 members (excludes halogenated alkanes) is 22. The van der Waals surface area contributed by atoms with Crippen LogP contribution in [0, 0.1) is 0 Å². The standard InChI is InChI=1S/C45H83NO8/c1-3-5-7-9-11-13-15-17-18-19-20-21-22-23-25-27-29-31-33-35-41(49)46-38(37-53-45-44(52)43(51)42(50)40(36-47)54-45)39(48)34-32-30-28-26-24-16-14-12-10-8-6-4-2/h10,12,24,26,32,34,38-40,42-45,47-48,50-52H,3-9,11,13-23,25,27-31,33,35-37H2,1-2H3,(H,46,49)/b12-10+,26-24+,34-32+. The van der Waals surface area contributed by atoms with Crippen molar-refractivity contribution in [2.24, 2.45) is 0 Å². The van der Waals surface area contributed by atoms with E-state index in [0.29, 0.717) is 6.42 Å². The lowest BCUT2D eigenvalue weighted by Crippen LogP contribution is -2.60. The van der Waals surface area contributed by atoms with Gasteiger partial charge in [-0.15, -0.1) is 0 Å². The van der Waals surface area contributed by atoms with Gasteiger partial charge in [0.2, 0.25) is 5.91 Å². The summed E-state index contributed by atoms with van der Waals surface area (Å²) in [4.78, 5) is 12.9. The second-order valence-corrected chi connectivity index (χ2v) is 15.5. The van der Waals surface area contributed by atoms with E-state index < -0.39 is 49.5 Å². The maximum absolute atomic E-state index is 12.9. The van der Waals surface area contributed by atoms with Crippen LogP contribution in [0.4, 0.5) is 0 Å². The highest BCUT2D eigenvalue weighted by Crippen LogP contribution is 2.22. The third-order valence-corrected chi connectivity index (χ3v) is 10.4. The third kappa shape index (κ3) is 26.3. The summed E-state index contributed by atoms with van der Waals surface area (Å²) in [6.45, 7) is 3.70. The second kappa shape index (κ2) is 35.8. The third-order valence-electron chi connectivity index (χ3n) is 10.4. The van der Waals surface area contributed by atoms with E-state index in [9.17, 15) is 30.3 Å². The number of allylic oxidation sites excluding steroid dienone is 5. The average Bonchev–Trinajstić information content (AvgIpc) is 3.17. The number of hydrogen-bond acceptors (Lipinski definition) is 8. The fourth-order valence-electron chi connectivity index (χ4n) is 6.82. The molecular weight excluding hydrogens is 682 g/mol. The Balaban J connectivity index is 2.35. The molecule has 1 aliphatic heterocycles. The summed E-state index contributed by atoms with van der Waals surface area (Å²) in [5, 5.41) is 54.0. The number of amides is 1. The average molecular weight is 766 g/mol. The minimum absolute atomic E-state index is 0.191. The predicted molar refractivity (Wildman–Crippen MR) is 221 cm³/mol. The zero-order valence-electron chi connectivity index (χ0n) is 34.5. The van der Waals surface area contributed by atoms with Crippen LogP contribution < -0.4 is 5.32 Å². The topological polar surface area (TPSA) is 149 Å². The molecule has 0 aromatic rings. The quantitative estimate of drug-likeness (QED) is 0.0274. The molecule has 7 unspecified atom stereocenters. The van der Waals surface area contributed by atoms with Gasteiger partial charge in [-0.25, -0.2) is 0 Å². The smallest absolute Gasteiger partial charge is 0.220 e.